The molecule has 4 aromatic carbocycles. The van der Waals surface area contributed by atoms with Gasteiger partial charge in [0, 0.05) is 23.8 Å². The van der Waals surface area contributed by atoms with E-state index in [0.29, 0.717) is 40.6 Å². The highest BCUT2D eigenvalue weighted by Crippen LogP contribution is 2.42. The van der Waals surface area contributed by atoms with Crippen LogP contribution >= 0.6 is 0 Å². The molecule has 40 heavy (non-hydrogen) atoms. The largest absolute Gasteiger partial charge is 0.497 e. The molecule has 0 aromatic heterocycles. The van der Waals surface area contributed by atoms with Gasteiger partial charge < -0.3 is 14.2 Å². The second kappa shape index (κ2) is 11.8. The SMILES string of the molecule is COc1ccc2c(Oc3ccc(OCCN4CCCCC4)cc3)c(-c3cc(F)c(S(C)(=O)=O)c(F)c3)ccc2c1. The van der Waals surface area contributed by atoms with E-state index in [1.54, 1.807) is 37.4 Å². The number of rotatable bonds is 9. The van der Waals surface area contributed by atoms with Crippen LogP contribution < -0.4 is 14.2 Å². The minimum absolute atomic E-state index is 0.146. The smallest absolute Gasteiger partial charge is 0.181 e. The maximum absolute atomic E-state index is 14.8. The molecule has 1 heterocycles. The van der Waals surface area contributed by atoms with Crippen LogP contribution in [0.2, 0.25) is 0 Å². The summed E-state index contributed by atoms with van der Waals surface area (Å²) in [6, 6.07) is 18.1. The van der Waals surface area contributed by atoms with Crippen LogP contribution in [0.25, 0.3) is 21.9 Å². The molecule has 0 saturated carbocycles. The number of benzene rings is 4. The second-order valence-electron chi connectivity index (χ2n) is 9.89. The van der Waals surface area contributed by atoms with Gasteiger partial charge in [-0.15, -0.1) is 0 Å². The highest BCUT2D eigenvalue weighted by atomic mass is 32.2. The average Bonchev–Trinajstić information content (AvgIpc) is 2.93. The van der Waals surface area contributed by atoms with Crippen LogP contribution in [0.1, 0.15) is 19.3 Å². The molecule has 0 aliphatic carbocycles. The van der Waals surface area contributed by atoms with Crippen molar-refractivity contribution in [1.29, 1.82) is 0 Å². The van der Waals surface area contributed by atoms with Crippen LogP contribution in [-0.4, -0.2) is 52.9 Å². The fourth-order valence-electron chi connectivity index (χ4n) is 5.01. The molecule has 0 spiro atoms. The van der Waals surface area contributed by atoms with Gasteiger partial charge in [0.1, 0.15) is 46.1 Å². The van der Waals surface area contributed by atoms with Crippen molar-refractivity contribution in [2.24, 2.45) is 0 Å². The Balaban J connectivity index is 1.46. The van der Waals surface area contributed by atoms with Gasteiger partial charge in [0.05, 0.1) is 7.11 Å². The van der Waals surface area contributed by atoms with E-state index in [1.807, 2.05) is 24.3 Å². The lowest BCUT2D eigenvalue weighted by atomic mass is 9.99. The summed E-state index contributed by atoms with van der Waals surface area (Å²) in [6.07, 6.45) is 4.53. The third kappa shape index (κ3) is 6.21. The van der Waals surface area contributed by atoms with Crippen LogP contribution in [0.4, 0.5) is 8.78 Å². The summed E-state index contributed by atoms with van der Waals surface area (Å²) in [7, 11) is -2.52. The van der Waals surface area contributed by atoms with Crippen LogP contribution in [0.3, 0.4) is 0 Å². The Morgan fingerprint density at radius 2 is 1.48 bits per heavy atom. The molecule has 1 aliphatic rings. The molecule has 6 nitrogen and oxygen atoms in total. The van der Waals surface area contributed by atoms with E-state index in [0.717, 1.165) is 43.4 Å². The van der Waals surface area contributed by atoms with E-state index >= 15 is 0 Å². The van der Waals surface area contributed by atoms with Gasteiger partial charge in [-0.2, -0.15) is 0 Å². The number of hydrogen-bond donors (Lipinski definition) is 0. The zero-order valence-electron chi connectivity index (χ0n) is 22.5. The van der Waals surface area contributed by atoms with Crippen LogP contribution in [-0.2, 0) is 9.84 Å². The van der Waals surface area contributed by atoms with Gasteiger partial charge in [-0.05, 0) is 97.5 Å². The normalized spacial score (nSPS) is 14.3. The number of piperidine rings is 1. The van der Waals surface area contributed by atoms with Gasteiger partial charge in [-0.25, -0.2) is 17.2 Å². The Labute approximate surface area is 233 Å². The van der Waals surface area contributed by atoms with Crippen LogP contribution in [0.15, 0.2) is 71.6 Å². The van der Waals surface area contributed by atoms with Crippen molar-refractivity contribution < 1.29 is 31.4 Å². The molecule has 0 atom stereocenters. The quantitative estimate of drug-likeness (QED) is 0.220. The first-order valence-electron chi connectivity index (χ1n) is 13.2. The maximum atomic E-state index is 14.8. The van der Waals surface area contributed by atoms with Crippen molar-refractivity contribution in [2.45, 2.75) is 24.2 Å². The predicted molar refractivity (Wildman–Crippen MR) is 151 cm³/mol. The Morgan fingerprint density at radius 1 is 0.825 bits per heavy atom. The molecule has 210 valence electrons. The molecule has 0 bridgehead atoms. The van der Waals surface area contributed by atoms with Crippen LogP contribution in [0.5, 0.6) is 23.0 Å². The molecule has 5 rings (SSSR count). The van der Waals surface area contributed by atoms with E-state index in [4.69, 9.17) is 14.2 Å². The zero-order chi connectivity index (χ0) is 28.3. The number of fused-ring (bicyclic) bond motifs is 1. The number of sulfone groups is 1. The van der Waals surface area contributed by atoms with E-state index in [2.05, 4.69) is 4.90 Å². The lowest BCUT2D eigenvalue weighted by Gasteiger charge is -2.26. The van der Waals surface area contributed by atoms with Crippen molar-refractivity contribution in [3.8, 4) is 34.1 Å². The highest BCUT2D eigenvalue weighted by Gasteiger charge is 2.23. The van der Waals surface area contributed by atoms with E-state index < -0.39 is 26.4 Å². The Hall–Kier alpha value is -3.69. The Morgan fingerprint density at radius 3 is 2.12 bits per heavy atom. The van der Waals surface area contributed by atoms with Gasteiger partial charge in [0.15, 0.2) is 9.84 Å². The maximum Gasteiger partial charge on any atom is 0.181 e. The van der Waals surface area contributed by atoms with Crippen molar-refractivity contribution in [2.75, 3.05) is 39.6 Å². The molecule has 0 radical (unpaired) electrons. The summed E-state index contributed by atoms with van der Waals surface area (Å²) in [5.74, 6) is -0.0975. The zero-order valence-corrected chi connectivity index (χ0v) is 23.3. The fourth-order valence-corrected chi connectivity index (χ4v) is 5.84. The number of hydrogen-bond acceptors (Lipinski definition) is 6. The first kappa shape index (κ1) is 27.9. The summed E-state index contributed by atoms with van der Waals surface area (Å²) >= 11 is 0. The third-order valence-corrected chi connectivity index (χ3v) is 8.16. The molecule has 1 saturated heterocycles. The van der Waals surface area contributed by atoms with Crippen molar-refractivity contribution in [3.63, 3.8) is 0 Å². The topological polar surface area (TPSA) is 65.1 Å². The Kier molecular flexibility index (Phi) is 8.23. The second-order valence-corrected chi connectivity index (χ2v) is 11.8. The van der Waals surface area contributed by atoms with Crippen LogP contribution in [0, 0.1) is 11.6 Å². The molecule has 1 aliphatic heterocycles. The van der Waals surface area contributed by atoms with Crippen molar-refractivity contribution in [3.05, 3.63) is 78.4 Å². The average molecular weight is 568 g/mol. The third-order valence-electron chi connectivity index (χ3n) is 7.03. The van der Waals surface area contributed by atoms with Gasteiger partial charge in [0.2, 0.25) is 0 Å². The standard InChI is InChI=1S/C31H31F2NO5S/c1-37-25-11-13-26-21(18-25)6-12-27(22-19-28(32)31(29(33)20-22)40(2,35)36)30(26)39-24-9-7-23(8-10-24)38-17-16-34-14-4-3-5-15-34/h6-13,18-20H,3-5,14-17H2,1-2H3. The summed E-state index contributed by atoms with van der Waals surface area (Å²) in [6.45, 7) is 3.70. The monoisotopic (exact) mass is 567 g/mol. The summed E-state index contributed by atoms with van der Waals surface area (Å²) in [5, 5.41) is 1.48. The van der Waals surface area contributed by atoms with Crippen molar-refractivity contribution >= 4 is 20.6 Å². The molecule has 9 heteroatoms. The van der Waals surface area contributed by atoms with Gasteiger partial charge in [0.25, 0.3) is 0 Å². The van der Waals surface area contributed by atoms with Gasteiger partial charge in [-0.1, -0.05) is 12.5 Å². The first-order chi connectivity index (χ1) is 19.2. The minimum Gasteiger partial charge on any atom is -0.497 e. The highest BCUT2D eigenvalue weighted by molar-refractivity contribution is 7.90. The Bertz CT molecular complexity index is 1590. The van der Waals surface area contributed by atoms with E-state index in [-0.39, 0.29) is 5.56 Å². The molecule has 0 amide bonds. The summed E-state index contributed by atoms with van der Waals surface area (Å²) in [4.78, 5) is 1.45. The first-order valence-corrected chi connectivity index (χ1v) is 15.1. The number of nitrogens with zero attached hydrogens (tertiary/aromatic N) is 1. The molecular weight excluding hydrogens is 536 g/mol. The van der Waals surface area contributed by atoms with Gasteiger partial charge >= 0.3 is 0 Å². The lowest BCUT2D eigenvalue weighted by molar-refractivity contribution is 0.183. The number of methoxy groups -OCH3 is 1. The van der Waals surface area contributed by atoms with E-state index in [9.17, 15) is 17.2 Å². The molecule has 0 N–H and O–H groups in total. The number of halogens is 2. The van der Waals surface area contributed by atoms with Crippen molar-refractivity contribution in [1.82, 2.24) is 4.90 Å². The number of likely N-dealkylation sites (tertiary alicyclic amines) is 1. The summed E-state index contributed by atoms with van der Waals surface area (Å²) in [5.41, 5.74) is 0.546. The number of ether oxygens (including phenoxy) is 3. The molecule has 1 fully saturated rings. The summed E-state index contributed by atoms with van der Waals surface area (Å²) < 4.78 is 71.1. The molecular formula is C31H31F2NO5S. The van der Waals surface area contributed by atoms with E-state index in [1.165, 1.54) is 19.3 Å². The predicted octanol–water partition coefficient (Wildman–Crippen LogP) is 6.85. The molecule has 4 aromatic rings. The minimum atomic E-state index is -4.09. The van der Waals surface area contributed by atoms with Gasteiger partial charge in [-0.3, -0.25) is 4.90 Å². The fraction of sp³-hybridized carbons (Fsp3) is 0.290. The molecule has 0 unspecified atom stereocenters. The lowest BCUT2D eigenvalue weighted by Crippen LogP contribution is -2.33.